The summed E-state index contributed by atoms with van der Waals surface area (Å²) >= 11 is 0. The van der Waals surface area contributed by atoms with Gasteiger partial charge in [-0.1, -0.05) is 19.9 Å². The lowest BCUT2D eigenvalue weighted by atomic mass is 9.97. The molecule has 0 bridgehead atoms. The van der Waals surface area contributed by atoms with Gasteiger partial charge in [-0.05, 0) is 30.4 Å². The van der Waals surface area contributed by atoms with Crippen molar-refractivity contribution in [3.63, 3.8) is 0 Å². The summed E-state index contributed by atoms with van der Waals surface area (Å²) in [6, 6.07) is 4.07. The normalized spacial score (nSPS) is 16.9. The Bertz CT molecular complexity index is 382. The fourth-order valence-electron chi connectivity index (χ4n) is 2.11. The Hall–Kier alpha value is -1.38. The van der Waals surface area contributed by atoms with Gasteiger partial charge in [0.2, 0.25) is 5.91 Å². The molecule has 17 heavy (non-hydrogen) atoms. The summed E-state index contributed by atoms with van der Waals surface area (Å²) < 4.78 is 0. The van der Waals surface area contributed by atoms with E-state index in [4.69, 9.17) is 0 Å². The molecule has 1 fully saturated rings. The van der Waals surface area contributed by atoms with Crippen LogP contribution < -0.4 is 5.32 Å². The van der Waals surface area contributed by atoms with E-state index >= 15 is 0 Å². The molecule has 3 nitrogen and oxygen atoms in total. The maximum atomic E-state index is 11.6. The molecule has 92 valence electrons. The van der Waals surface area contributed by atoms with E-state index in [0.717, 1.165) is 19.4 Å². The zero-order valence-electron chi connectivity index (χ0n) is 10.6. The average Bonchev–Trinajstić information content (AvgIpc) is 3.08. The minimum atomic E-state index is 0.162. The average molecular weight is 232 g/mol. The molecule has 0 aromatic carbocycles. The molecule has 1 aliphatic carbocycles. The van der Waals surface area contributed by atoms with E-state index in [0.29, 0.717) is 12.3 Å². The van der Waals surface area contributed by atoms with Crippen molar-refractivity contribution in [3.05, 3.63) is 30.1 Å². The molecular formula is C14H20N2O. The zero-order valence-corrected chi connectivity index (χ0v) is 10.6. The van der Waals surface area contributed by atoms with Gasteiger partial charge in [0.15, 0.2) is 0 Å². The molecule has 1 saturated carbocycles. The molecule has 0 spiro atoms. The van der Waals surface area contributed by atoms with Gasteiger partial charge in [-0.3, -0.25) is 9.78 Å². The number of amides is 1. The van der Waals surface area contributed by atoms with Gasteiger partial charge < -0.3 is 5.32 Å². The van der Waals surface area contributed by atoms with Crippen molar-refractivity contribution in [1.82, 2.24) is 10.3 Å². The highest BCUT2D eigenvalue weighted by molar-refractivity contribution is 5.76. The predicted molar refractivity (Wildman–Crippen MR) is 67.6 cm³/mol. The first kappa shape index (κ1) is 12.1. The van der Waals surface area contributed by atoms with Crippen molar-refractivity contribution >= 4 is 5.91 Å². The molecule has 3 heteroatoms. The summed E-state index contributed by atoms with van der Waals surface area (Å²) in [6.07, 6.45) is 6.63. The largest absolute Gasteiger partial charge is 0.355 e. The van der Waals surface area contributed by atoms with Crippen molar-refractivity contribution in [2.45, 2.75) is 38.5 Å². The lowest BCUT2D eigenvalue weighted by Gasteiger charge is -2.16. The van der Waals surface area contributed by atoms with E-state index in [1.165, 1.54) is 5.56 Å². The fraction of sp³-hybridized carbons (Fsp3) is 0.571. The highest BCUT2D eigenvalue weighted by Gasteiger charge is 2.44. The van der Waals surface area contributed by atoms with Crippen molar-refractivity contribution in [1.29, 1.82) is 0 Å². The van der Waals surface area contributed by atoms with Gasteiger partial charge in [-0.15, -0.1) is 0 Å². The second-order valence-corrected chi connectivity index (χ2v) is 5.40. The molecule has 1 aromatic rings. The smallest absolute Gasteiger partial charge is 0.220 e. The molecule has 1 aromatic heterocycles. The van der Waals surface area contributed by atoms with Crippen LogP contribution in [0.15, 0.2) is 24.5 Å². The molecule has 1 aliphatic rings. The molecule has 1 N–H and O–H groups in total. The van der Waals surface area contributed by atoms with E-state index in [-0.39, 0.29) is 11.3 Å². The van der Waals surface area contributed by atoms with E-state index in [2.05, 4.69) is 30.2 Å². The Morgan fingerprint density at radius 1 is 1.53 bits per heavy atom. The van der Waals surface area contributed by atoms with Gasteiger partial charge in [0.1, 0.15) is 0 Å². The standard InChI is InChI=1S/C14H20N2O/c1-11(2)8-13(17)16-10-14(5-6-14)12-4-3-7-15-9-12/h3-4,7,9,11H,5-6,8,10H2,1-2H3,(H,16,17). The number of hydrogen-bond acceptors (Lipinski definition) is 2. The Balaban J connectivity index is 1.89. The van der Waals surface area contributed by atoms with E-state index < -0.39 is 0 Å². The first-order chi connectivity index (χ1) is 8.12. The Morgan fingerprint density at radius 2 is 2.29 bits per heavy atom. The van der Waals surface area contributed by atoms with Gasteiger partial charge in [0.25, 0.3) is 0 Å². The number of nitrogens with zero attached hydrogens (tertiary/aromatic N) is 1. The monoisotopic (exact) mass is 232 g/mol. The second kappa shape index (κ2) is 4.86. The summed E-state index contributed by atoms with van der Waals surface area (Å²) in [4.78, 5) is 15.8. The molecule has 1 heterocycles. The van der Waals surface area contributed by atoms with Crippen LogP contribution in [0.25, 0.3) is 0 Å². The Labute approximate surface area is 103 Å². The third-order valence-corrected chi connectivity index (χ3v) is 3.35. The minimum Gasteiger partial charge on any atom is -0.355 e. The summed E-state index contributed by atoms with van der Waals surface area (Å²) in [5.74, 6) is 0.582. The molecule has 2 rings (SSSR count). The van der Waals surface area contributed by atoms with Gasteiger partial charge in [0, 0.05) is 30.8 Å². The second-order valence-electron chi connectivity index (χ2n) is 5.40. The van der Waals surface area contributed by atoms with E-state index in [1.807, 2.05) is 12.3 Å². The van der Waals surface area contributed by atoms with Gasteiger partial charge in [-0.2, -0.15) is 0 Å². The summed E-state index contributed by atoms with van der Waals surface area (Å²) in [7, 11) is 0. The van der Waals surface area contributed by atoms with E-state index in [1.54, 1.807) is 6.20 Å². The van der Waals surface area contributed by atoms with Gasteiger partial charge >= 0.3 is 0 Å². The highest BCUT2D eigenvalue weighted by Crippen LogP contribution is 2.47. The van der Waals surface area contributed by atoms with Crippen molar-refractivity contribution in [2.75, 3.05) is 6.54 Å². The quantitative estimate of drug-likeness (QED) is 0.846. The van der Waals surface area contributed by atoms with Gasteiger partial charge in [0.05, 0.1) is 0 Å². The van der Waals surface area contributed by atoms with Crippen LogP contribution in [0.4, 0.5) is 0 Å². The first-order valence-corrected chi connectivity index (χ1v) is 6.30. The van der Waals surface area contributed by atoms with E-state index in [9.17, 15) is 4.79 Å². The molecule has 1 amide bonds. The summed E-state index contributed by atoms with van der Waals surface area (Å²) in [5.41, 5.74) is 1.42. The number of nitrogens with one attached hydrogen (secondary N) is 1. The molecule has 0 radical (unpaired) electrons. The lowest BCUT2D eigenvalue weighted by Crippen LogP contribution is -2.32. The van der Waals surface area contributed by atoms with Crippen LogP contribution in [0.1, 0.15) is 38.7 Å². The Morgan fingerprint density at radius 3 is 2.82 bits per heavy atom. The predicted octanol–water partition coefficient (Wildman–Crippen LogP) is 2.28. The summed E-state index contributed by atoms with van der Waals surface area (Å²) in [5, 5.41) is 3.05. The number of aromatic nitrogens is 1. The number of pyridine rings is 1. The Kier molecular flexibility index (Phi) is 3.46. The van der Waals surface area contributed by atoms with Crippen LogP contribution in [-0.2, 0) is 10.2 Å². The van der Waals surface area contributed by atoms with Crippen molar-refractivity contribution < 1.29 is 4.79 Å². The highest BCUT2D eigenvalue weighted by atomic mass is 16.1. The summed E-state index contributed by atoms with van der Waals surface area (Å²) in [6.45, 7) is 4.88. The van der Waals surface area contributed by atoms with Crippen LogP contribution in [0, 0.1) is 5.92 Å². The fourth-order valence-corrected chi connectivity index (χ4v) is 2.11. The molecule has 0 unspecified atom stereocenters. The van der Waals surface area contributed by atoms with Crippen molar-refractivity contribution in [2.24, 2.45) is 5.92 Å². The maximum Gasteiger partial charge on any atom is 0.220 e. The third kappa shape index (κ3) is 3.05. The minimum absolute atomic E-state index is 0.162. The maximum absolute atomic E-state index is 11.6. The molecule has 0 aliphatic heterocycles. The number of hydrogen-bond donors (Lipinski definition) is 1. The first-order valence-electron chi connectivity index (χ1n) is 6.30. The third-order valence-electron chi connectivity index (χ3n) is 3.35. The SMILES string of the molecule is CC(C)CC(=O)NCC1(c2cccnc2)CC1. The number of carbonyl (C=O) groups is 1. The van der Waals surface area contributed by atoms with Crippen LogP contribution >= 0.6 is 0 Å². The topological polar surface area (TPSA) is 42.0 Å². The van der Waals surface area contributed by atoms with Crippen LogP contribution in [0.2, 0.25) is 0 Å². The molecule has 0 atom stereocenters. The number of carbonyl (C=O) groups excluding carboxylic acids is 1. The molecular weight excluding hydrogens is 212 g/mol. The zero-order chi connectivity index (χ0) is 12.3. The van der Waals surface area contributed by atoms with Crippen LogP contribution in [0.3, 0.4) is 0 Å². The lowest BCUT2D eigenvalue weighted by molar-refractivity contribution is -0.121. The van der Waals surface area contributed by atoms with Crippen LogP contribution in [0.5, 0.6) is 0 Å². The van der Waals surface area contributed by atoms with Gasteiger partial charge in [-0.25, -0.2) is 0 Å². The van der Waals surface area contributed by atoms with Crippen molar-refractivity contribution in [3.8, 4) is 0 Å². The molecule has 0 saturated heterocycles. The van der Waals surface area contributed by atoms with Crippen LogP contribution in [-0.4, -0.2) is 17.4 Å². The number of rotatable bonds is 5.